The van der Waals surface area contributed by atoms with Crippen molar-refractivity contribution >= 4 is 20.0 Å². The van der Waals surface area contributed by atoms with Crippen LogP contribution >= 0.6 is 0 Å². The summed E-state index contributed by atoms with van der Waals surface area (Å²) in [5.74, 6) is 0.543. The normalized spacial score (nSPS) is 23.1. The van der Waals surface area contributed by atoms with E-state index in [0.29, 0.717) is 24.2 Å². The number of hydrogen-bond donors (Lipinski definition) is 3. The molecule has 0 saturated heterocycles. The van der Waals surface area contributed by atoms with E-state index >= 15 is 0 Å². The lowest BCUT2D eigenvalue weighted by molar-refractivity contribution is -0.0250. The Bertz CT molecular complexity index is 898. The van der Waals surface area contributed by atoms with E-state index in [1.165, 1.54) is 0 Å². The average Bonchev–Trinajstić information content (AvgIpc) is 2.67. The highest BCUT2D eigenvalue weighted by Gasteiger charge is 2.42. The summed E-state index contributed by atoms with van der Waals surface area (Å²) >= 11 is 0. The van der Waals surface area contributed by atoms with Gasteiger partial charge in [0, 0.05) is 6.54 Å². The lowest BCUT2D eigenvalue weighted by Gasteiger charge is -2.41. The Morgan fingerprint density at radius 2 is 1.63 bits per heavy atom. The van der Waals surface area contributed by atoms with Gasteiger partial charge in [-0.25, -0.2) is 26.3 Å². The predicted molar refractivity (Wildman–Crippen MR) is 117 cm³/mol. The minimum absolute atomic E-state index is 0.158. The van der Waals surface area contributed by atoms with E-state index in [2.05, 4.69) is 9.44 Å². The van der Waals surface area contributed by atoms with Crippen molar-refractivity contribution in [3.63, 3.8) is 0 Å². The van der Waals surface area contributed by atoms with Gasteiger partial charge in [0.1, 0.15) is 18.0 Å². The fourth-order valence-corrected chi connectivity index (χ4v) is 5.03. The summed E-state index contributed by atoms with van der Waals surface area (Å²) in [4.78, 5) is 0. The number of ether oxygens (including phenoxy) is 1. The first-order valence-corrected chi connectivity index (χ1v) is 13.4. The van der Waals surface area contributed by atoms with Gasteiger partial charge in [-0.3, -0.25) is 0 Å². The molecular weight excluding hydrogens is 428 g/mol. The number of nitrogens with one attached hydrogen (secondary N) is 2. The Hall–Kier alpha value is -1.20. The van der Waals surface area contributed by atoms with Gasteiger partial charge in [-0.15, -0.1) is 0 Å². The third-order valence-corrected chi connectivity index (χ3v) is 9.16. The molecule has 0 amide bonds. The molecule has 0 aromatic heterocycles. The molecule has 10 heteroatoms. The Balaban J connectivity index is 2.04. The summed E-state index contributed by atoms with van der Waals surface area (Å²) in [6.07, 6.45) is 2.69. The minimum Gasteiger partial charge on any atom is -0.492 e. The zero-order valence-electron chi connectivity index (χ0n) is 18.1. The maximum absolute atomic E-state index is 12.3. The minimum atomic E-state index is -3.51. The molecule has 1 saturated carbocycles. The van der Waals surface area contributed by atoms with E-state index < -0.39 is 42.2 Å². The second-order valence-corrected chi connectivity index (χ2v) is 12.9. The van der Waals surface area contributed by atoms with Crippen LogP contribution in [0.15, 0.2) is 24.3 Å². The van der Waals surface area contributed by atoms with E-state index in [1.54, 1.807) is 52.0 Å². The highest BCUT2D eigenvalue weighted by atomic mass is 32.2. The van der Waals surface area contributed by atoms with Gasteiger partial charge in [-0.1, -0.05) is 25.0 Å². The smallest absolute Gasteiger partial charge is 0.214 e. The SMILES string of the molecule is CC(C)S(=O)(=O)NCCOc1ccc(C2(O)CCCCC2NS(=O)(=O)C(C)C)cc1. The Morgan fingerprint density at radius 1 is 1.03 bits per heavy atom. The van der Waals surface area contributed by atoms with Crippen LogP contribution in [0.2, 0.25) is 0 Å². The molecule has 1 aromatic carbocycles. The van der Waals surface area contributed by atoms with E-state index in [0.717, 1.165) is 12.8 Å². The zero-order valence-corrected chi connectivity index (χ0v) is 19.7. The number of hydrogen-bond acceptors (Lipinski definition) is 6. The zero-order chi connectivity index (χ0) is 22.6. The average molecular weight is 463 g/mol. The van der Waals surface area contributed by atoms with Crippen LogP contribution in [-0.4, -0.2) is 51.6 Å². The molecule has 1 aliphatic rings. The van der Waals surface area contributed by atoms with Crippen LogP contribution in [0.1, 0.15) is 58.9 Å². The molecular formula is C20H34N2O6S2. The first-order valence-electron chi connectivity index (χ1n) is 10.3. The van der Waals surface area contributed by atoms with Crippen LogP contribution in [0.3, 0.4) is 0 Å². The van der Waals surface area contributed by atoms with Crippen molar-refractivity contribution < 1.29 is 26.7 Å². The van der Waals surface area contributed by atoms with Gasteiger partial charge in [-0.2, -0.15) is 0 Å². The molecule has 172 valence electrons. The molecule has 1 aliphatic carbocycles. The topological polar surface area (TPSA) is 122 Å². The fourth-order valence-electron chi connectivity index (χ4n) is 3.35. The van der Waals surface area contributed by atoms with Crippen molar-refractivity contribution in [1.82, 2.24) is 9.44 Å². The second kappa shape index (κ2) is 9.95. The molecule has 3 N–H and O–H groups in total. The van der Waals surface area contributed by atoms with E-state index in [9.17, 15) is 21.9 Å². The summed E-state index contributed by atoms with van der Waals surface area (Å²) in [6.45, 7) is 6.76. The molecule has 0 aliphatic heterocycles. The summed E-state index contributed by atoms with van der Waals surface area (Å²) < 4.78 is 58.9. The van der Waals surface area contributed by atoms with Gasteiger partial charge < -0.3 is 9.84 Å². The van der Waals surface area contributed by atoms with Crippen LogP contribution in [0.4, 0.5) is 0 Å². The monoisotopic (exact) mass is 462 g/mol. The molecule has 0 bridgehead atoms. The van der Waals surface area contributed by atoms with Crippen molar-refractivity contribution in [3.05, 3.63) is 29.8 Å². The molecule has 1 aromatic rings. The second-order valence-electron chi connectivity index (χ2n) is 8.30. The maximum atomic E-state index is 12.3. The number of sulfonamides is 2. The Morgan fingerprint density at radius 3 is 2.20 bits per heavy atom. The van der Waals surface area contributed by atoms with Crippen LogP contribution in [0, 0.1) is 0 Å². The highest BCUT2D eigenvalue weighted by molar-refractivity contribution is 7.90. The molecule has 0 radical (unpaired) electrons. The van der Waals surface area contributed by atoms with Crippen molar-refractivity contribution in [1.29, 1.82) is 0 Å². The van der Waals surface area contributed by atoms with Gasteiger partial charge in [0.2, 0.25) is 20.0 Å². The lowest BCUT2D eigenvalue weighted by atomic mass is 9.76. The van der Waals surface area contributed by atoms with Crippen molar-refractivity contribution in [2.24, 2.45) is 0 Å². The predicted octanol–water partition coefficient (Wildman–Crippen LogP) is 1.85. The van der Waals surface area contributed by atoms with E-state index in [-0.39, 0.29) is 13.2 Å². The first-order chi connectivity index (χ1) is 13.9. The van der Waals surface area contributed by atoms with Gasteiger partial charge in [0.25, 0.3) is 0 Å². The van der Waals surface area contributed by atoms with E-state index in [1.807, 2.05) is 0 Å². The highest BCUT2D eigenvalue weighted by Crippen LogP contribution is 2.38. The Labute approximate surface area is 180 Å². The summed E-state index contributed by atoms with van der Waals surface area (Å²) in [5, 5.41) is 10.3. The van der Waals surface area contributed by atoms with Crippen LogP contribution in [0.5, 0.6) is 5.75 Å². The quantitative estimate of drug-likeness (QED) is 0.456. The van der Waals surface area contributed by atoms with Gasteiger partial charge in [0.05, 0.1) is 16.5 Å². The van der Waals surface area contributed by atoms with Gasteiger partial charge in [-0.05, 0) is 58.2 Å². The third-order valence-electron chi connectivity index (χ3n) is 5.45. The van der Waals surface area contributed by atoms with Crippen LogP contribution in [-0.2, 0) is 25.6 Å². The van der Waals surface area contributed by atoms with Gasteiger partial charge in [0.15, 0.2) is 0 Å². The summed E-state index contributed by atoms with van der Waals surface area (Å²) in [5.41, 5.74) is -0.655. The van der Waals surface area contributed by atoms with Gasteiger partial charge >= 0.3 is 0 Å². The molecule has 1 fully saturated rings. The standard InChI is InChI=1S/C20H34N2O6S2/c1-15(2)29(24,25)21-13-14-28-18-10-8-17(9-11-18)20(23)12-6-5-7-19(20)22-30(26,27)16(3)4/h8-11,15-16,19,21-23H,5-7,12-14H2,1-4H3. The Kier molecular flexibility index (Phi) is 8.31. The molecule has 30 heavy (non-hydrogen) atoms. The number of benzene rings is 1. The molecule has 8 nitrogen and oxygen atoms in total. The molecule has 0 heterocycles. The number of aliphatic hydroxyl groups is 1. The van der Waals surface area contributed by atoms with Crippen LogP contribution < -0.4 is 14.2 Å². The maximum Gasteiger partial charge on any atom is 0.214 e. The molecule has 2 rings (SSSR count). The van der Waals surface area contributed by atoms with Crippen LogP contribution in [0.25, 0.3) is 0 Å². The first kappa shape index (κ1) is 25.1. The van der Waals surface area contributed by atoms with E-state index in [4.69, 9.17) is 4.74 Å². The summed E-state index contributed by atoms with van der Waals surface area (Å²) in [7, 11) is -6.84. The summed E-state index contributed by atoms with van der Waals surface area (Å²) in [6, 6.07) is 6.28. The van der Waals surface area contributed by atoms with Crippen molar-refractivity contribution in [3.8, 4) is 5.75 Å². The fraction of sp³-hybridized carbons (Fsp3) is 0.700. The third kappa shape index (κ3) is 6.16. The largest absolute Gasteiger partial charge is 0.492 e. The molecule has 0 spiro atoms. The molecule has 2 atom stereocenters. The number of rotatable bonds is 10. The molecule has 2 unspecified atom stereocenters. The van der Waals surface area contributed by atoms with Crippen molar-refractivity contribution in [2.45, 2.75) is 75.5 Å². The van der Waals surface area contributed by atoms with Crippen molar-refractivity contribution in [2.75, 3.05) is 13.2 Å². The lowest BCUT2D eigenvalue weighted by Crippen LogP contribution is -2.53.